The molecule has 0 nitrogen and oxygen atoms in total. The van der Waals surface area contributed by atoms with Gasteiger partial charge in [0.05, 0.1) is 0 Å². The average Bonchev–Trinajstić information content (AvgIpc) is 0.918. The molecule has 0 saturated heterocycles. The molecule has 0 amide bonds. The van der Waals surface area contributed by atoms with Crippen LogP contribution in [0.4, 0.5) is 0 Å². The fourth-order valence-electron chi connectivity index (χ4n) is 0. The van der Waals surface area contributed by atoms with Crippen molar-refractivity contribution in [3.8, 4) is 0 Å². The van der Waals surface area contributed by atoms with Crippen molar-refractivity contribution in [3.05, 3.63) is 0 Å². The van der Waals surface area contributed by atoms with Gasteiger partial charge in [0.2, 0.25) is 0 Å². The van der Waals surface area contributed by atoms with Crippen LogP contribution in [0, 0.1) is 0 Å². The van der Waals surface area contributed by atoms with Crippen molar-refractivity contribution in [1.29, 1.82) is 0 Å². The molecule has 0 aliphatic carbocycles. The van der Waals surface area contributed by atoms with Gasteiger partial charge in [0, 0.05) is 0 Å². The van der Waals surface area contributed by atoms with E-state index in [1.807, 2.05) is 0 Å². The van der Waals surface area contributed by atoms with E-state index in [1.165, 1.54) is 0 Å². The average molecular weight is 594 g/mol. The fourth-order valence-corrected chi connectivity index (χ4v) is 0. The molecule has 4 heavy (non-hydrogen) atoms. The van der Waals surface area contributed by atoms with Crippen molar-refractivity contribution in [2.45, 2.75) is 0 Å². The molecule has 0 aliphatic rings. The number of hydrogen-bond donors (Lipinski definition) is 0. The van der Waals surface area contributed by atoms with Crippen LogP contribution < -0.4 is 68.9 Å². The van der Waals surface area contributed by atoms with Crippen LogP contribution in [0.2, 0.25) is 0 Å². The van der Waals surface area contributed by atoms with Gasteiger partial charge in [-0.05, 0) is 0 Å². The van der Waals surface area contributed by atoms with Crippen LogP contribution in [0.25, 0.3) is 0 Å². The van der Waals surface area contributed by atoms with Crippen LogP contribution in [0.1, 0.15) is 0 Å². The number of hydrogen-bond acceptors (Lipinski definition) is 0. The monoisotopic (exact) mass is 595 g/mol. The first-order valence-corrected chi connectivity index (χ1v) is 22.2. The van der Waals surface area contributed by atoms with Gasteiger partial charge in [-0.25, -0.2) is 0 Å². The van der Waals surface area contributed by atoms with Crippen molar-refractivity contribution in [3.63, 3.8) is 0 Å². The minimum absolute atomic E-state index is 0. The third-order valence-electron chi connectivity index (χ3n) is 0. The predicted molar refractivity (Wildman–Crippen MR) is 33.8 cm³/mol. The van der Waals surface area contributed by atoms with Crippen molar-refractivity contribution in [1.82, 2.24) is 0 Å². The molecule has 0 fully saturated rings. The molecule has 0 aromatic rings. The zero-order chi connectivity index (χ0) is 2.71. The van der Waals surface area contributed by atoms with E-state index in [1.54, 1.807) is 0 Å². The van der Waals surface area contributed by atoms with E-state index in [-0.39, 0.29) is 84.5 Å². The summed E-state index contributed by atoms with van der Waals surface area (Å²) in [6, 6.07) is 0. The van der Waals surface area contributed by atoms with Crippen LogP contribution >= 0.6 is 35.5 Å². The maximum absolute atomic E-state index is 2.47. The molecule has 2 radical (unpaired) electrons. The molecular weight excluding hydrogens is 594 g/mol. The molecule has 0 unspecified atom stereocenters. The third kappa shape index (κ3) is 9.66. The molecule has 0 saturated carbocycles. The molecule has 0 spiro atoms. The Morgan fingerprint density at radius 1 is 1.25 bits per heavy atom. The molecule has 0 rings (SSSR count). The van der Waals surface area contributed by atoms with Gasteiger partial charge < -0.3 is 0 Å². The van der Waals surface area contributed by atoms with Gasteiger partial charge in [-0.1, -0.05) is 0 Å². The van der Waals surface area contributed by atoms with E-state index in [9.17, 15) is 0 Å². The Morgan fingerprint density at radius 3 is 1.25 bits per heavy atom. The second-order valence-electron chi connectivity index (χ2n) is 0.0714. The first-order valence-electron chi connectivity index (χ1n) is 0.378. The van der Waals surface area contributed by atoms with Crippen LogP contribution in [0.3, 0.4) is 0 Å². The Balaban J connectivity index is 0. The number of halogens is 2. The first-order chi connectivity index (χ1) is 1.41. The van der Waals surface area contributed by atoms with Gasteiger partial charge in [0.15, 0.2) is 0 Å². The summed E-state index contributed by atoms with van der Waals surface area (Å²) in [5, 5.41) is 0. The van der Waals surface area contributed by atoms with E-state index in [4.69, 9.17) is 0 Å². The van der Waals surface area contributed by atoms with Gasteiger partial charge in [-0.15, -0.1) is 0 Å². The van der Waals surface area contributed by atoms with Crippen LogP contribution in [-0.4, -0.2) is 15.6 Å². The van der Waals surface area contributed by atoms with Crippen LogP contribution in [0.15, 0.2) is 0 Å². The van der Waals surface area contributed by atoms with E-state index in [0.717, 1.165) is 0 Å². The summed E-state index contributed by atoms with van der Waals surface area (Å²) in [4.78, 5) is 0. The summed E-state index contributed by atoms with van der Waals surface area (Å²) in [5.74, 6) is 0. The maximum atomic E-state index is 2.47. The molecule has 0 N–H and O–H groups in total. The Labute approximate surface area is 115 Å². The quantitative estimate of drug-likeness (QED) is 0.235. The van der Waals surface area contributed by atoms with E-state index in [2.05, 4.69) is 35.5 Å². The molecule has 18 valence electrons. The molecular formula is CsI2Pb+. The zero-order valence-corrected chi connectivity index (χ0v) is 16.7. The van der Waals surface area contributed by atoms with Crippen molar-refractivity contribution in [2.24, 2.45) is 0 Å². The fraction of sp³-hybridized carbons (Fsp3) is 0. The SMILES string of the molecule is [Cs+].[I][Pb][I]. The summed E-state index contributed by atoms with van der Waals surface area (Å²) in [7, 11) is 0. The van der Waals surface area contributed by atoms with Crippen molar-refractivity contribution in [2.75, 3.05) is 0 Å². The summed E-state index contributed by atoms with van der Waals surface area (Å²) >= 11 is 4.96. The van der Waals surface area contributed by atoms with Crippen molar-refractivity contribution >= 4 is 51.2 Å². The Hall–Kier alpha value is 4.43. The normalized spacial score (nSPS) is 4.50. The molecule has 0 aromatic heterocycles. The summed E-state index contributed by atoms with van der Waals surface area (Å²) < 4.78 is 0. The molecule has 0 aliphatic heterocycles. The topological polar surface area (TPSA) is 0 Å². The minimum atomic E-state index is 0. The first kappa shape index (κ1) is 11.3. The zero-order valence-electron chi connectivity index (χ0n) is 2.26. The van der Waals surface area contributed by atoms with Crippen LogP contribution in [0.5, 0.6) is 0 Å². The Morgan fingerprint density at radius 2 is 1.25 bits per heavy atom. The molecule has 4 heteroatoms. The van der Waals surface area contributed by atoms with Crippen LogP contribution in [-0.2, 0) is 0 Å². The summed E-state index contributed by atoms with van der Waals surface area (Å²) in [6.45, 7) is 0. The van der Waals surface area contributed by atoms with Crippen molar-refractivity contribution < 1.29 is 68.9 Å². The molecule has 0 atom stereocenters. The van der Waals surface area contributed by atoms with E-state index in [0.29, 0.717) is 0 Å². The Kier molecular flexibility index (Phi) is 29.3. The second-order valence-corrected chi connectivity index (χ2v) is 28.2. The predicted octanol–water partition coefficient (Wildman–Crippen LogP) is -1.61. The van der Waals surface area contributed by atoms with Gasteiger partial charge in [-0.3, -0.25) is 0 Å². The standard InChI is InChI=1S/Cs.2HI.Pb/h;2*1H;/q+1;;;+2/p-2. The van der Waals surface area contributed by atoms with Gasteiger partial charge in [0.1, 0.15) is 0 Å². The summed E-state index contributed by atoms with van der Waals surface area (Å²) in [6.07, 6.45) is 0. The van der Waals surface area contributed by atoms with E-state index >= 15 is 0 Å². The second kappa shape index (κ2) is 10.4. The van der Waals surface area contributed by atoms with Gasteiger partial charge in [-0.2, -0.15) is 0 Å². The number of rotatable bonds is 0. The van der Waals surface area contributed by atoms with E-state index < -0.39 is 0 Å². The van der Waals surface area contributed by atoms with Gasteiger partial charge in [0.25, 0.3) is 0 Å². The molecule has 0 heterocycles. The van der Waals surface area contributed by atoms with Gasteiger partial charge >= 0.3 is 120 Å². The third-order valence-corrected chi connectivity index (χ3v) is 0. The Bertz CT molecular complexity index is 6.00. The summed E-state index contributed by atoms with van der Waals surface area (Å²) in [5.41, 5.74) is 0. The molecule has 0 bridgehead atoms. The molecule has 0 aromatic carbocycles.